The Balaban J connectivity index is 1.28. The lowest BCUT2D eigenvalue weighted by Gasteiger charge is -2.42. The molecule has 6 heterocycles. The molecule has 0 aliphatic carbocycles. The Kier molecular flexibility index (Phi) is 4.41. The molecule has 158 valence electrons. The van der Waals surface area contributed by atoms with Crippen molar-refractivity contribution in [2.75, 3.05) is 32.8 Å². The molecule has 2 fully saturated rings. The summed E-state index contributed by atoms with van der Waals surface area (Å²) in [6, 6.07) is 7.68. The van der Waals surface area contributed by atoms with Crippen LogP contribution in [0, 0.1) is 5.92 Å². The van der Waals surface area contributed by atoms with Gasteiger partial charge < -0.3 is 19.5 Å². The summed E-state index contributed by atoms with van der Waals surface area (Å²) >= 11 is 1.66. The van der Waals surface area contributed by atoms with E-state index in [4.69, 9.17) is 4.74 Å². The quantitative estimate of drug-likeness (QED) is 0.762. The Morgan fingerprint density at radius 3 is 2.93 bits per heavy atom. The lowest BCUT2D eigenvalue weighted by Crippen LogP contribution is -2.49. The predicted molar refractivity (Wildman–Crippen MR) is 115 cm³/mol. The van der Waals surface area contributed by atoms with Crippen molar-refractivity contribution >= 4 is 17.2 Å². The number of nitrogens with one attached hydrogen (secondary N) is 1. The Hall–Kier alpha value is -1.96. The van der Waals surface area contributed by atoms with Gasteiger partial charge in [-0.1, -0.05) is 6.07 Å². The van der Waals surface area contributed by atoms with Crippen LogP contribution in [0.25, 0.3) is 0 Å². The van der Waals surface area contributed by atoms with Gasteiger partial charge in [0.2, 0.25) is 0 Å². The summed E-state index contributed by atoms with van der Waals surface area (Å²) in [6.45, 7) is 4.85. The van der Waals surface area contributed by atoms with Crippen molar-refractivity contribution in [3.05, 3.63) is 55.6 Å². The van der Waals surface area contributed by atoms with Crippen LogP contribution in [0.1, 0.15) is 51.0 Å². The SMILES string of the molecule is O=C(c1cc2c(s1)C1(CCNCC1)OCC2)N1C[C@H]2C[C@@H](C1)c1cccc(=O)n1C2. The van der Waals surface area contributed by atoms with Gasteiger partial charge in [-0.15, -0.1) is 11.3 Å². The van der Waals surface area contributed by atoms with Gasteiger partial charge in [0, 0.05) is 42.2 Å². The fraction of sp³-hybridized carbons (Fsp3) is 0.565. The minimum Gasteiger partial charge on any atom is -0.369 e. The van der Waals surface area contributed by atoms with Crippen molar-refractivity contribution in [3.8, 4) is 0 Å². The number of fused-ring (bicyclic) bond motifs is 6. The second-order valence-electron chi connectivity index (χ2n) is 9.22. The molecular weight excluding hydrogens is 398 g/mol. The maximum atomic E-state index is 13.5. The molecule has 4 aliphatic heterocycles. The molecule has 1 amide bonds. The summed E-state index contributed by atoms with van der Waals surface area (Å²) in [5.41, 5.74) is 2.29. The highest BCUT2D eigenvalue weighted by atomic mass is 32.1. The molecular formula is C23H27N3O3S. The average Bonchev–Trinajstić information content (AvgIpc) is 3.21. The summed E-state index contributed by atoms with van der Waals surface area (Å²) in [7, 11) is 0. The summed E-state index contributed by atoms with van der Waals surface area (Å²) in [5, 5.41) is 3.43. The molecule has 0 radical (unpaired) electrons. The van der Waals surface area contributed by atoms with Gasteiger partial charge in [-0.2, -0.15) is 0 Å². The smallest absolute Gasteiger partial charge is 0.263 e. The number of carbonyl (C=O) groups is 1. The topological polar surface area (TPSA) is 63.6 Å². The van der Waals surface area contributed by atoms with Crippen LogP contribution < -0.4 is 10.9 Å². The van der Waals surface area contributed by atoms with E-state index in [1.165, 1.54) is 10.4 Å². The number of carbonyl (C=O) groups excluding carboxylic acids is 1. The Morgan fingerprint density at radius 2 is 2.07 bits per heavy atom. The van der Waals surface area contributed by atoms with E-state index in [-0.39, 0.29) is 23.0 Å². The van der Waals surface area contributed by atoms with Crippen molar-refractivity contribution < 1.29 is 9.53 Å². The summed E-state index contributed by atoms with van der Waals surface area (Å²) in [5.74, 6) is 0.762. The molecule has 6 nitrogen and oxygen atoms in total. The van der Waals surface area contributed by atoms with Crippen LogP contribution in [0.2, 0.25) is 0 Å². The Labute approximate surface area is 179 Å². The van der Waals surface area contributed by atoms with Crippen LogP contribution in [0.4, 0.5) is 0 Å². The highest BCUT2D eigenvalue weighted by molar-refractivity contribution is 7.14. The van der Waals surface area contributed by atoms with Crippen LogP contribution >= 0.6 is 11.3 Å². The first kappa shape index (κ1) is 18.8. The number of pyridine rings is 1. The molecule has 2 atom stereocenters. The van der Waals surface area contributed by atoms with Gasteiger partial charge in [-0.25, -0.2) is 0 Å². The molecule has 0 unspecified atom stereocenters. The number of thiophene rings is 1. The molecule has 2 bridgehead atoms. The zero-order chi connectivity index (χ0) is 20.3. The summed E-state index contributed by atoms with van der Waals surface area (Å²) in [4.78, 5) is 29.9. The molecule has 2 aromatic heterocycles. The van der Waals surface area contributed by atoms with Crippen LogP contribution in [0.15, 0.2) is 29.1 Å². The van der Waals surface area contributed by atoms with Crippen LogP contribution in [-0.2, 0) is 23.3 Å². The van der Waals surface area contributed by atoms with Crippen molar-refractivity contribution in [2.45, 2.75) is 43.7 Å². The molecule has 7 heteroatoms. The number of hydrogen-bond donors (Lipinski definition) is 1. The van der Waals surface area contributed by atoms with Gasteiger partial charge in [0.15, 0.2) is 0 Å². The molecule has 2 aromatic rings. The average molecular weight is 426 g/mol. The fourth-order valence-electron chi connectivity index (χ4n) is 5.95. The molecule has 0 saturated carbocycles. The number of aromatic nitrogens is 1. The maximum absolute atomic E-state index is 13.5. The fourth-order valence-corrected chi connectivity index (χ4v) is 7.33. The lowest BCUT2D eigenvalue weighted by atomic mass is 9.83. The first-order chi connectivity index (χ1) is 14.6. The third-order valence-electron chi connectivity index (χ3n) is 7.36. The Bertz CT molecular complexity index is 1050. The maximum Gasteiger partial charge on any atom is 0.263 e. The standard InChI is InChI=1S/C23H27N3O3S/c27-20-3-1-2-18-17-10-15(13-26(18)20)12-25(14-17)22(28)19-11-16-4-9-29-23(21(16)30-19)5-7-24-8-6-23/h1-3,11,15,17,24H,4-10,12-14H2/t15-,17+/m1/s1. The van der Waals surface area contributed by atoms with Crippen LogP contribution in [0.5, 0.6) is 0 Å². The van der Waals surface area contributed by atoms with E-state index >= 15 is 0 Å². The number of nitrogens with zero attached hydrogens (tertiary/aromatic N) is 2. The zero-order valence-electron chi connectivity index (χ0n) is 17.1. The number of amides is 1. The number of ether oxygens (including phenoxy) is 1. The van der Waals surface area contributed by atoms with E-state index < -0.39 is 0 Å². The number of rotatable bonds is 1. The molecule has 0 aromatic carbocycles. The van der Waals surface area contributed by atoms with Gasteiger partial charge in [0.1, 0.15) is 5.60 Å². The summed E-state index contributed by atoms with van der Waals surface area (Å²) < 4.78 is 8.21. The van der Waals surface area contributed by atoms with Crippen LogP contribution in [0.3, 0.4) is 0 Å². The van der Waals surface area contributed by atoms with Gasteiger partial charge >= 0.3 is 0 Å². The van der Waals surface area contributed by atoms with E-state index in [2.05, 4.69) is 17.4 Å². The highest BCUT2D eigenvalue weighted by Gasteiger charge is 2.42. The normalized spacial score (nSPS) is 26.9. The molecule has 4 aliphatic rings. The van der Waals surface area contributed by atoms with Gasteiger partial charge in [0.05, 0.1) is 11.5 Å². The first-order valence-electron chi connectivity index (χ1n) is 11.1. The van der Waals surface area contributed by atoms with E-state index in [9.17, 15) is 9.59 Å². The van der Waals surface area contributed by atoms with Crippen molar-refractivity contribution in [1.82, 2.24) is 14.8 Å². The Morgan fingerprint density at radius 1 is 1.20 bits per heavy atom. The second kappa shape index (κ2) is 7.04. The van der Waals surface area contributed by atoms with E-state index in [0.29, 0.717) is 12.5 Å². The monoisotopic (exact) mass is 425 g/mol. The van der Waals surface area contributed by atoms with Crippen LogP contribution in [-0.4, -0.2) is 48.2 Å². The molecule has 1 N–H and O–H groups in total. The van der Waals surface area contributed by atoms with Crippen molar-refractivity contribution in [1.29, 1.82) is 0 Å². The highest BCUT2D eigenvalue weighted by Crippen LogP contribution is 2.45. The zero-order valence-corrected chi connectivity index (χ0v) is 17.9. The summed E-state index contributed by atoms with van der Waals surface area (Å²) in [6.07, 6.45) is 3.93. The predicted octanol–water partition coefficient (Wildman–Crippen LogP) is 2.32. The molecule has 1 spiro atoms. The van der Waals surface area contributed by atoms with Gasteiger partial charge in [-0.05, 0) is 62.4 Å². The van der Waals surface area contributed by atoms with Gasteiger partial charge in [-0.3, -0.25) is 9.59 Å². The first-order valence-corrected chi connectivity index (χ1v) is 11.9. The third-order valence-corrected chi connectivity index (χ3v) is 8.71. The van der Waals surface area contributed by atoms with E-state index in [1.807, 2.05) is 15.5 Å². The number of likely N-dealkylation sites (tertiary alicyclic amines) is 1. The molecule has 2 saturated heterocycles. The van der Waals surface area contributed by atoms with E-state index in [1.54, 1.807) is 17.4 Å². The molecule has 30 heavy (non-hydrogen) atoms. The number of hydrogen-bond acceptors (Lipinski definition) is 5. The number of piperidine rings is 2. The van der Waals surface area contributed by atoms with Gasteiger partial charge in [0.25, 0.3) is 11.5 Å². The molecule has 6 rings (SSSR count). The third kappa shape index (κ3) is 2.90. The largest absolute Gasteiger partial charge is 0.369 e. The van der Waals surface area contributed by atoms with Crippen molar-refractivity contribution in [3.63, 3.8) is 0 Å². The van der Waals surface area contributed by atoms with Crippen molar-refractivity contribution in [2.24, 2.45) is 5.92 Å². The minimum absolute atomic E-state index is 0.0835. The lowest BCUT2D eigenvalue weighted by molar-refractivity contribution is -0.0771. The second-order valence-corrected chi connectivity index (χ2v) is 10.3. The minimum atomic E-state index is -0.194. The van der Waals surface area contributed by atoms with E-state index in [0.717, 1.165) is 69.0 Å².